The van der Waals surface area contributed by atoms with Gasteiger partial charge >= 0.3 is 5.97 Å². The molecule has 0 fully saturated rings. The molecule has 4 nitrogen and oxygen atoms in total. The van der Waals surface area contributed by atoms with Gasteiger partial charge in [0.1, 0.15) is 0 Å². The predicted molar refractivity (Wildman–Crippen MR) is 83.9 cm³/mol. The number of carbonyl (C=O) groups excluding carboxylic acids is 1. The maximum atomic E-state index is 11.7. The molecule has 1 amide bonds. The van der Waals surface area contributed by atoms with Gasteiger partial charge in [-0.1, -0.05) is 38.1 Å². The summed E-state index contributed by atoms with van der Waals surface area (Å²) < 4.78 is 0. The molecule has 0 aliphatic rings. The first-order valence-corrected chi connectivity index (χ1v) is 7.19. The molecule has 1 aromatic carbocycles. The van der Waals surface area contributed by atoms with Crippen molar-refractivity contribution < 1.29 is 14.7 Å². The summed E-state index contributed by atoms with van der Waals surface area (Å²) >= 11 is 0. The van der Waals surface area contributed by atoms with Crippen molar-refractivity contribution in [1.82, 2.24) is 5.32 Å². The van der Waals surface area contributed by atoms with Crippen molar-refractivity contribution in [3.8, 4) is 0 Å². The van der Waals surface area contributed by atoms with Crippen LogP contribution < -0.4 is 5.32 Å². The maximum Gasteiger partial charge on any atom is 0.311 e. The van der Waals surface area contributed by atoms with Crippen LogP contribution in [0.1, 0.15) is 38.3 Å². The van der Waals surface area contributed by atoms with Crippen LogP contribution in [-0.4, -0.2) is 23.5 Å². The molecule has 0 aromatic heterocycles. The summed E-state index contributed by atoms with van der Waals surface area (Å²) in [5, 5.41) is 11.8. The van der Waals surface area contributed by atoms with Crippen LogP contribution in [0.3, 0.4) is 0 Å². The molecule has 1 rings (SSSR count). The highest BCUT2D eigenvalue weighted by atomic mass is 16.4. The third kappa shape index (κ3) is 5.06. The lowest BCUT2D eigenvalue weighted by Gasteiger charge is -2.22. The van der Waals surface area contributed by atoms with E-state index in [0.717, 1.165) is 12.0 Å². The van der Waals surface area contributed by atoms with E-state index in [9.17, 15) is 9.59 Å². The Morgan fingerprint density at radius 1 is 1.24 bits per heavy atom. The van der Waals surface area contributed by atoms with Gasteiger partial charge in [0, 0.05) is 12.6 Å². The summed E-state index contributed by atoms with van der Waals surface area (Å²) in [5.74, 6) is -1.18. The summed E-state index contributed by atoms with van der Waals surface area (Å²) in [5.41, 5.74) is 1.27. The first-order chi connectivity index (χ1) is 9.91. The van der Waals surface area contributed by atoms with Gasteiger partial charge < -0.3 is 10.4 Å². The molecule has 4 heteroatoms. The molecule has 0 aliphatic heterocycles. The second-order valence-corrected chi connectivity index (χ2v) is 5.37. The Bertz CT molecular complexity index is 519. The highest BCUT2D eigenvalue weighted by Crippen LogP contribution is 2.19. The van der Waals surface area contributed by atoms with E-state index in [4.69, 9.17) is 5.11 Å². The third-order valence-corrected chi connectivity index (χ3v) is 3.76. The average molecular weight is 289 g/mol. The van der Waals surface area contributed by atoms with Crippen LogP contribution in [0.25, 0.3) is 6.08 Å². The fourth-order valence-electron chi connectivity index (χ4n) is 1.73. The smallest absolute Gasteiger partial charge is 0.311 e. The third-order valence-electron chi connectivity index (χ3n) is 3.76. The molecule has 114 valence electrons. The van der Waals surface area contributed by atoms with Crippen LogP contribution in [0.4, 0.5) is 0 Å². The summed E-state index contributed by atoms with van der Waals surface area (Å²) in [6, 6.07) is 7.96. The molecule has 0 radical (unpaired) electrons. The predicted octanol–water partition coefficient (Wildman–Crippen LogP) is 2.88. The van der Waals surface area contributed by atoms with Crippen molar-refractivity contribution in [3.63, 3.8) is 0 Å². The summed E-state index contributed by atoms with van der Waals surface area (Å²) in [4.78, 5) is 22.9. The van der Waals surface area contributed by atoms with Gasteiger partial charge in [0.05, 0.1) is 5.41 Å². The minimum Gasteiger partial charge on any atom is -0.481 e. The minimum absolute atomic E-state index is 0.122. The monoisotopic (exact) mass is 289 g/mol. The van der Waals surface area contributed by atoms with Crippen LogP contribution in [0, 0.1) is 5.41 Å². The van der Waals surface area contributed by atoms with Crippen molar-refractivity contribution >= 4 is 18.0 Å². The fourth-order valence-corrected chi connectivity index (χ4v) is 1.73. The topological polar surface area (TPSA) is 66.4 Å². The molecular weight excluding hydrogens is 266 g/mol. The molecule has 0 bridgehead atoms. The number of aryl methyl sites for hydroxylation is 1. The van der Waals surface area contributed by atoms with Crippen LogP contribution >= 0.6 is 0 Å². The van der Waals surface area contributed by atoms with Crippen LogP contribution in [0.15, 0.2) is 30.3 Å². The van der Waals surface area contributed by atoms with Crippen molar-refractivity contribution in [2.75, 3.05) is 6.54 Å². The first kappa shape index (κ1) is 17.0. The van der Waals surface area contributed by atoms with Gasteiger partial charge in [-0.15, -0.1) is 0 Å². The van der Waals surface area contributed by atoms with Crippen LogP contribution in [-0.2, 0) is 16.0 Å². The zero-order valence-corrected chi connectivity index (χ0v) is 12.8. The average Bonchev–Trinajstić information content (AvgIpc) is 2.50. The Morgan fingerprint density at radius 3 is 2.33 bits per heavy atom. The van der Waals surface area contributed by atoms with E-state index >= 15 is 0 Å². The molecule has 1 atom stereocenters. The van der Waals surface area contributed by atoms with Gasteiger partial charge in [-0.2, -0.15) is 0 Å². The second-order valence-electron chi connectivity index (χ2n) is 5.37. The highest BCUT2D eigenvalue weighted by Gasteiger charge is 2.31. The zero-order valence-electron chi connectivity index (χ0n) is 12.8. The molecule has 2 N–H and O–H groups in total. The van der Waals surface area contributed by atoms with Gasteiger partial charge in [0.15, 0.2) is 0 Å². The Balaban J connectivity index is 2.56. The molecule has 0 heterocycles. The number of benzene rings is 1. The standard InChI is InChI=1S/C17H23NO3/c1-4-13-6-8-14(9-7-13)10-11-15(19)18-12-17(3,5-2)16(20)21/h6-11H,4-5,12H2,1-3H3,(H,18,19)(H,20,21)/b11-10+. The van der Waals surface area contributed by atoms with Gasteiger partial charge in [-0.05, 0) is 37.0 Å². The molecule has 0 saturated heterocycles. The molecule has 0 aliphatic carbocycles. The highest BCUT2D eigenvalue weighted by molar-refractivity contribution is 5.92. The Labute approximate surface area is 125 Å². The Hall–Kier alpha value is -2.10. The first-order valence-electron chi connectivity index (χ1n) is 7.19. The Morgan fingerprint density at radius 2 is 1.86 bits per heavy atom. The fraction of sp³-hybridized carbons (Fsp3) is 0.412. The molecule has 1 aromatic rings. The largest absolute Gasteiger partial charge is 0.481 e. The number of aliphatic carboxylic acids is 1. The van der Waals surface area contributed by atoms with E-state index in [1.165, 1.54) is 11.6 Å². The number of hydrogen-bond acceptors (Lipinski definition) is 2. The quantitative estimate of drug-likeness (QED) is 0.758. The molecule has 0 saturated carbocycles. The number of carboxylic acids is 1. The zero-order chi connectivity index (χ0) is 15.9. The molecule has 21 heavy (non-hydrogen) atoms. The van der Waals surface area contributed by atoms with Crippen molar-refractivity contribution in [2.45, 2.75) is 33.6 Å². The minimum atomic E-state index is -0.924. The SMILES string of the molecule is CCc1ccc(/C=C/C(=O)NCC(C)(CC)C(=O)O)cc1. The maximum absolute atomic E-state index is 11.7. The molecule has 1 unspecified atom stereocenters. The lowest BCUT2D eigenvalue weighted by atomic mass is 9.88. The summed E-state index contributed by atoms with van der Waals surface area (Å²) in [6.45, 7) is 5.64. The van der Waals surface area contributed by atoms with Crippen molar-refractivity contribution in [2.24, 2.45) is 5.41 Å². The number of hydrogen-bond donors (Lipinski definition) is 2. The Kier molecular flexibility index (Phi) is 6.15. The lowest BCUT2D eigenvalue weighted by Crippen LogP contribution is -2.40. The van der Waals surface area contributed by atoms with Crippen molar-refractivity contribution in [3.05, 3.63) is 41.5 Å². The van der Waals surface area contributed by atoms with E-state index in [1.54, 1.807) is 19.9 Å². The van der Waals surface area contributed by atoms with Gasteiger partial charge in [0.2, 0.25) is 5.91 Å². The van der Waals surface area contributed by atoms with E-state index < -0.39 is 11.4 Å². The van der Waals surface area contributed by atoms with E-state index in [-0.39, 0.29) is 12.5 Å². The number of nitrogens with one attached hydrogen (secondary N) is 1. The number of rotatable bonds is 7. The van der Waals surface area contributed by atoms with Gasteiger partial charge in [0.25, 0.3) is 0 Å². The van der Waals surface area contributed by atoms with E-state index in [2.05, 4.69) is 12.2 Å². The molecular formula is C17H23NO3. The summed E-state index contributed by atoms with van der Waals surface area (Å²) in [7, 11) is 0. The molecule has 0 spiro atoms. The van der Waals surface area contributed by atoms with Gasteiger partial charge in [-0.3, -0.25) is 9.59 Å². The second kappa shape index (κ2) is 7.62. The van der Waals surface area contributed by atoms with E-state index in [1.807, 2.05) is 24.3 Å². The number of amides is 1. The van der Waals surface area contributed by atoms with Crippen LogP contribution in [0.5, 0.6) is 0 Å². The number of carboxylic acid groups (broad SMARTS) is 1. The number of carbonyl (C=O) groups is 2. The summed E-state index contributed by atoms with van der Waals surface area (Å²) in [6.07, 6.45) is 4.60. The van der Waals surface area contributed by atoms with Gasteiger partial charge in [-0.25, -0.2) is 0 Å². The lowest BCUT2D eigenvalue weighted by molar-refractivity contribution is -0.148. The van der Waals surface area contributed by atoms with E-state index in [0.29, 0.717) is 6.42 Å². The van der Waals surface area contributed by atoms with Crippen molar-refractivity contribution in [1.29, 1.82) is 0 Å². The van der Waals surface area contributed by atoms with Crippen LogP contribution in [0.2, 0.25) is 0 Å². The normalized spacial score (nSPS) is 13.9.